The average molecular weight is 342 g/mol. The van der Waals surface area contributed by atoms with Gasteiger partial charge < -0.3 is 10.4 Å². The maximum Gasteiger partial charge on any atom is 0.220 e. The lowest BCUT2D eigenvalue weighted by atomic mass is 10.0. The molecule has 144 valence electrons. The molecule has 0 aromatic carbocycles. The van der Waals surface area contributed by atoms with Crippen LogP contribution in [0.25, 0.3) is 0 Å². The standard InChI is InChI=1S/C21H43NO2/c1-4-5-6-7-8-9-10-11-12-13-14-15-16-17-18-20(24)22-21(2,3)19-23/h23H,4-19H2,1-3H3,(H,22,24). The van der Waals surface area contributed by atoms with Crippen LogP contribution in [0.15, 0.2) is 0 Å². The lowest BCUT2D eigenvalue weighted by molar-refractivity contribution is -0.123. The van der Waals surface area contributed by atoms with Gasteiger partial charge in [0.25, 0.3) is 0 Å². The van der Waals surface area contributed by atoms with Crippen LogP contribution in [0.3, 0.4) is 0 Å². The van der Waals surface area contributed by atoms with E-state index in [-0.39, 0.29) is 12.5 Å². The molecule has 0 rings (SSSR count). The SMILES string of the molecule is CCCCCCCCCCCCCCCCC(=O)NC(C)(C)CO. The zero-order chi connectivity index (χ0) is 18.1. The number of aliphatic hydroxyl groups excluding tert-OH is 1. The fourth-order valence-electron chi connectivity index (χ4n) is 2.96. The highest BCUT2D eigenvalue weighted by atomic mass is 16.3. The second-order valence-electron chi connectivity index (χ2n) is 7.94. The Balaban J connectivity index is 3.21. The number of hydrogen-bond acceptors (Lipinski definition) is 2. The van der Waals surface area contributed by atoms with Crippen LogP contribution >= 0.6 is 0 Å². The fourth-order valence-corrected chi connectivity index (χ4v) is 2.96. The lowest BCUT2D eigenvalue weighted by Crippen LogP contribution is -2.46. The smallest absolute Gasteiger partial charge is 0.220 e. The second kappa shape index (κ2) is 15.9. The van der Waals surface area contributed by atoms with Crippen molar-refractivity contribution in [1.29, 1.82) is 0 Å². The Morgan fingerprint density at radius 3 is 1.50 bits per heavy atom. The van der Waals surface area contributed by atoms with Crippen LogP contribution in [-0.2, 0) is 4.79 Å². The van der Waals surface area contributed by atoms with Crippen molar-refractivity contribution in [3.05, 3.63) is 0 Å². The minimum Gasteiger partial charge on any atom is -0.394 e. The quantitative estimate of drug-likeness (QED) is 0.331. The summed E-state index contributed by atoms with van der Waals surface area (Å²) >= 11 is 0. The Morgan fingerprint density at radius 2 is 1.12 bits per heavy atom. The van der Waals surface area contributed by atoms with Crippen molar-refractivity contribution in [2.75, 3.05) is 6.61 Å². The van der Waals surface area contributed by atoms with Gasteiger partial charge in [0.05, 0.1) is 12.1 Å². The van der Waals surface area contributed by atoms with E-state index in [2.05, 4.69) is 12.2 Å². The van der Waals surface area contributed by atoms with Crippen LogP contribution in [-0.4, -0.2) is 23.2 Å². The summed E-state index contributed by atoms with van der Waals surface area (Å²) in [5, 5.41) is 12.0. The summed E-state index contributed by atoms with van der Waals surface area (Å²) in [6.45, 7) is 5.94. The number of unbranched alkanes of at least 4 members (excludes halogenated alkanes) is 13. The third-order valence-corrected chi connectivity index (χ3v) is 4.63. The molecule has 0 heterocycles. The van der Waals surface area contributed by atoms with Gasteiger partial charge in [-0.25, -0.2) is 0 Å². The van der Waals surface area contributed by atoms with Crippen molar-refractivity contribution in [2.45, 2.75) is 123 Å². The molecule has 0 aliphatic rings. The molecule has 1 amide bonds. The zero-order valence-corrected chi connectivity index (χ0v) is 16.7. The van der Waals surface area contributed by atoms with Gasteiger partial charge in [-0.15, -0.1) is 0 Å². The lowest BCUT2D eigenvalue weighted by Gasteiger charge is -2.23. The van der Waals surface area contributed by atoms with Gasteiger partial charge in [0.15, 0.2) is 0 Å². The van der Waals surface area contributed by atoms with Crippen molar-refractivity contribution < 1.29 is 9.90 Å². The Hall–Kier alpha value is -0.570. The molecule has 0 saturated carbocycles. The van der Waals surface area contributed by atoms with E-state index in [4.69, 9.17) is 5.11 Å². The highest BCUT2D eigenvalue weighted by Gasteiger charge is 2.18. The Kier molecular flexibility index (Phi) is 15.6. The molecule has 0 spiro atoms. The number of aliphatic hydroxyl groups is 1. The van der Waals surface area contributed by atoms with Crippen LogP contribution in [0.1, 0.15) is 117 Å². The minimum absolute atomic E-state index is 0.0164. The van der Waals surface area contributed by atoms with Gasteiger partial charge >= 0.3 is 0 Å². The monoisotopic (exact) mass is 341 g/mol. The first-order valence-corrected chi connectivity index (χ1v) is 10.4. The van der Waals surface area contributed by atoms with E-state index in [1.54, 1.807) is 0 Å². The van der Waals surface area contributed by atoms with Gasteiger partial charge in [0.1, 0.15) is 0 Å². The minimum atomic E-state index is -0.493. The van der Waals surface area contributed by atoms with Crippen molar-refractivity contribution >= 4 is 5.91 Å². The second-order valence-corrected chi connectivity index (χ2v) is 7.94. The number of rotatable bonds is 17. The molecule has 0 aromatic rings. The highest BCUT2D eigenvalue weighted by molar-refractivity contribution is 5.76. The van der Waals surface area contributed by atoms with Crippen LogP contribution in [0.4, 0.5) is 0 Å². The molecule has 2 N–H and O–H groups in total. The first kappa shape index (κ1) is 23.4. The van der Waals surface area contributed by atoms with E-state index in [1.807, 2.05) is 13.8 Å². The van der Waals surface area contributed by atoms with E-state index in [9.17, 15) is 4.79 Å². The third-order valence-electron chi connectivity index (χ3n) is 4.63. The number of amides is 1. The summed E-state index contributed by atoms with van der Waals surface area (Å²) in [6, 6.07) is 0. The van der Waals surface area contributed by atoms with Crippen molar-refractivity contribution in [1.82, 2.24) is 5.32 Å². The van der Waals surface area contributed by atoms with Gasteiger partial charge in [-0.2, -0.15) is 0 Å². The number of carbonyl (C=O) groups excluding carboxylic acids is 1. The first-order valence-electron chi connectivity index (χ1n) is 10.4. The van der Waals surface area contributed by atoms with E-state index in [0.29, 0.717) is 6.42 Å². The normalized spacial score (nSPS) is 11.7. The number of hydrogen-bond donors (Lipinski definition) is 2. The predicted molar refractivity (Wildman–Crippen MR) is 104 cm³/mol. The van der Waals surface area contributed by atoms with Gasteiger partial charge in [-0.1, -0.05) is 90.4 Å². The molecular weight excluding hydrogens is 298 g/mol. The van der Waals surface area contributed by atoms with E-state index in [1.165, 1.54) is 77.0 Å². The molecule has 0 bridgehead atoms. The Morgan fingerprint density at radius 1 is 0.750 bits per heavy atom. The highest BCUT2D eigenvalue weighted by Crippen LogP contribution is 2.13. The van der Waals surface area contributed by atoms with Crippen LogP contribution in [0.2, 0.25) is 0 Å². The van der Waals surface area contributed by atoms with Crippen LogP contribution < -0.4 is 5.32 Å². The summed E-state index contributed by atoms with van der Waals surface area (Å²) in [7, 11) is 0. The molecule has 0 unspecified atom stereocenters. The van der Waals surface area contributed by atoms with Gasteiger partial charge in [-0.3, -0.25) is 4.79 Å². The fraction of sp³-hybridized carbons (Fsp3) is 0.952. The van der Waals surface area contributed by atoms with Gasteiger partial charge in [0.2, 0.25) is 5.91 Å². The molecular formula is C21H43NO2. The summed E-state index contributed by atoms with van der Waals surface area (Å²) in [5.41, 5.74) is -0.493. The van der Waals surface area contributed by atoms with E-state index >= 15 is 0 Å². The maximum absolute atomic E-state index is 11.7. The largest absolute Gasteiger partial charge is 0.394 e. The average Bonchev–Trinajstić information content (AvgIpc) is 2.54. The predicted octanol–water partition coefficient (Wildman–Crippen LogP) is 5.74. The molecule has 0 aliphatic carbocycles. The third kappa shape index (κ3) is 16.3. The van der Waals surface area contributed by atoms with Crippen molar-refractivity contribution in [3.63, 3.8) is 0 Å². The molecule has 0 fully saturated rings. The Bertz CT molecular complexity index is 290. The van der Waals surface area contributed by atoms with E-state index in [0.717, 1.165) is 12.8 Å². The summed E-state index contributed by atoms with van der Waals surface area (Å²) < 4.78 is 0. The Labute approximate surface area is 151 Å². The summed E-state index contributed by atoms with van der Waals surface area (Å²) in [6.07, 6.45) is 19.2. The molecule has 0 atom stereocenters. The topological polar surface area (TPSA) is 49.3 Å². The zero-order valence-electron chi connectivity index (χ0n) is 16.7. The molecule has 0 radical (unpaired) electrons. The number of carbonyl (C=O) groups is 1. The molecule has 0 saturated heterocycles. The number of nitrogens with one attached hydrogen (secondary N) is 1. The van der Waals surface area contributed by atoms with E-state index < -0.39 is 5.54 Å². The molecule has 3 nitrogen and oxygen atoms in total. The molecule has 0 aromatic heterocycles. The first-order chi connectivity index (χ1) is 11.5. The van der Waals surface area contributed by atoms with Gasteiger partial charge in [-0.05, 0) is 20.3 Å². The van der Waals surface area contributed by atoms with Gasteiger partial charge in [0, 0.05) is 6.42 Å². The van der Waals surface area contributed by atoms with Crippen LogP contribution in [0, 0.1) is 0 Å². The van der Waals surface area contributed by atoms with Crippen LogP contribution in [0.5, 0.6) is 0 Å². The summed E-state index contributed by atoms with van der Waals surface area (Å²) in [5.74, 6) is 0.0630. The molecule has 0 aliphatic heterocycles. The maximum atomic E-state index is 11.7. The van der Waals surface area contributed by atoms with Crippen molar-refractivity contribution in [3.8, 4) is 0 Å². The molecule has 3 heteroatoms. The van der Waals surface area contributed by atoms with Crippen molar-refractivity contribution in [2.24, 2.45) is 0 Å². The summed E-state index contributed by atoms with van der Waals surface area (Å²) in [4.78, 5) is 11.7. The molecule has 24 heavy (non-hydrogen) atoms.